The molecule has 2 N–H and O–H groups in total. The van der Waals surface area contributed by atoms with Crippen LogP contribution in [0.4, 0.5) is 18.9 Å². The van der Waals surface area contributed by atoms with Crippen molar-refractivity contribution in [3.63, 3.8) is 0 Å². The van der Waals surface area contributed by atoms with Crippen LogP contribution in [-0.4, -0.2) is 34.7 Å². The summed E-state index contributed by atoms with van der Waals surface area (Å²) in [5.74, 6) is 0.242. The van der Waals surface area contributed by atoms with E-state index in [9.17, 15) is 21.6 Å². The molecule has 2 rings (SSSR count). The van der Waals surface area contributed by atoms with Gasteiger partial charge in [-0.3, -0.25) is 0 Å². The molecule has 136 valence electrons. The van der Waals surface area contributed by atoms with Crippen LogP contribution in [0.3, 0.4) is 0 Å². The quantitative estimate of drug-likeness (QED) is 0.869. The van der Waals surface area contributed by atoms with Crippen molar-refractivity contribution in [2.45, 2.75) is 30.8 Å². The number of primary sulfonamides is 1. The first-order valence-electron chi connectivity index (χ1n) is 7.69. The number of hydrogen-bond donors (Lipinski definition) is 1. The summed E-state index contributed by atoms with van der Waals surface area (Å²) in [7, 11) is -4.45. The van der Waals surface area contributed by atoms with Crippen LogP contribution >= 0.6 is 0 Å². The minimum absolute atomic E-state index is 0.242. The minimum atomic E-state index is -4.79. The Labute approximate surface area is 139 Å². The van der Waals surface area contributed by atoms with Crippen LogP contribution in [0.5, 0.6) is 0 Å². The molecule has 0 spiro atoms. The van der Waals surface area contributed by atoms with E-state index >= 15 is 0 Å². The number of benzene rings is 1. The van der Waals surface area contributed by atoms with Gasteiger partial charge < -0.3 is 9.64 Å². The molecule has 24 heavy (non-hydrogen) atoms. The SMILES string of the molecule is CCOCC1CCCN(c2ccc(S(N)(=O)=O)c(C(F)(F)F)c2)C1. The highest BCUT2D eigenvalue weighted by atomic mass is 32.2. The lowest BCUT2D eigenvalue weighted by molar-refractivity contribution is -0.139. The predicted octanol–water partition coefficient (Wildman–Crippen LogP) is 2.61. The third-order valence-electron chi connectivity index (χ3n) is 4.02. The summed E-state index contributed by atoms with van der Waals surface area (Å²) in [5.41, 5.74) is -0.884. The van der Waals surface area contributed by atoms with Crippen molar-refractivity contribution in [2.24, 2.45) is 11.1 Å². The summed E-state index contributed by atoms with van der Waals surface area (Å²) >= 11 is 0. The van der Waals surface area contributed by atoms with Gasteiger partial charge in [-0.25, -0.2) is 13.6 Å². The molecule has 1 heterocycles. The molecule has 0 aromatic heterocycles. The molecule has 0 radical (unpaired) electrons. The summed E-state index contributed by atoms with van der Waals surface area (Å²) in [6.45, 7) is 4.25. The second kappa shape index (κ2) is 7.28. The number of alkyl halides is 3. The molecule has 1 atom stereocenters. The Hall–Kier alpha value is -1.32. The lowest BCUT2D eigenvalue weighted by Crippen LogP contribution is -2.37. The first-order valence-corrected chi connectivity index (χ1v) is 9.24. The molecule has 1 aliphatic rings. The van der Waals surface area contributed by atoms with Crippen molar-refractivity contribution in [1.29, 1.82) is 0 Å². The smallest absolute Gasteiger partial charge is 0.381 e. The molecule has 0 amide bonds. The van der Waals surface area contributed by atoms with Crippen molar-refractivity contribution in [3.8, 4) is 0 Å². The van der Waals surface area contributed by atoms with E-state index in [1.807, 2.05) is 11.8 Å². The van der Waals surface area contributed by atoms with Gasteiger partial charge in [0.15, 0.2) is 0 Å². The first-order chi connectivity index (χ1) is 11.1. The zero-order valence-corrected chi connectivity index (χ0v) is 14.2. The van der Waals surface area contributed by atoms with Gasteiger partial charge in [0.2, 0.25) is 10.0 Å². The normalized spacial score (nSPS) is 19.5. The van der Waals surface area contributed by atoms with Gasteiger partial charge in [0.1, 0.15) is 0 Å². The van der Waals surface area contributed by atoms with Gasteiger partial charge in [0, 0.05) is 25.4 Å². The van der Waals surface area contributed by atoms with Crippen LogP contribution in [-0.2, 0) is 20.9 Å². The van der Waals surface area contributed by atoms with Crippen molar-refractivity contribution in [2.75, 3.05) is 31.2 Å². The number of nitrogens with zero attached hydrogens (tertiary/aromatic N) is 1. The van der Waals surface area contributed by atoms with E-state index < -0.39 is 26.7 Å². The highest BCUT2D eigenvalue weighted by Gasteiger charge is 2.37. The van der Waals surface area contributed by atoms with E-state index in [0.29, 0.717) is 32.0 Å². The Kier molecular flexibility index (Phi) is 5.77. The molecular weight excluding hydrogens is 345 g/mol. The van der Waals surface area contributed by atoms with Gasteiger partial charge in [-0.2, -0.15) is 13.2 Å². The van der Waals surface area contributed by atoms with Crippen LogP contribution < -0.4 is 10.0 Å². The second-order valence-corrected chi connectivity index (χ2v) is 7.37. The van der Waals surface area contributed by atoms with Crippen molar-refractivity contribution >= 4 is 15.7 Å². The van der Waals surface area contributed by atoms with E-state index in [4.69, 9.17) is 9.88 Å². The molecule has 1 saturated heterocycles. The van der Waals surface area contributed by atoms with Gasteiger partial charge in [-0.1, -0.05) is 0 Å². The molecule has 1 fully saturated rings. The Bertz CT molecular complexity index is 677. The Morgan fingerprint density at radius 1 is 1.38 bits per heavy atom. The molecular formula is C15H21F3N2O3S. The van der Waals surface area contributed by atoms with Crippen LogP contribution in [0.25, 0.3) is 0 Å². The highest BCUT2D eigenvalue weighted by Crippen LogP contribution is 2.37. The molecule has 0 bridgehead atoms. The average molecular weight is 366 g/mol. The van der Waals surface area contributed by atoms with Gasteiger partial charge >= 0.3 is 6.18 Å². The Morgan fingerprint density at radius 3 is 2.67 bits per heavy atom. The molecule has 1 unspecified atom stereocenters. The van der Waals surface area contributed by atoms with Crippen LogP contribution in [0, 0.1) is 5.92 Å². The van der Waals surface area contributed by atoms with Crippen LogP contribution in [0.1, 0.15) is 25.3 Å². The first kappa shape index (κ1) is 19.0. The molecule has 5 nitrogen and oxygen atoms in total. The summed E-state index contributed by atoms with van der Waals surface area (Å²) in [6, 6.07) is 3.17. The lowest BCUT2D eigenvalue weighted by atomic mass is 9.98. The fraction of sp³-hybridized carbons (Fsp3) is 0.600. The van der Waals surface area contributed by atoms with E-state index in [-0.39, 0.29) is 5.92 Å². The van der Waals surface area contributed by atoms with E-state index in [1.165, 1.54) is 6.07 Å². The maximum absolute atomic E-state index is 13.2. The Balaban J connectivity index is 2.31. The summed E-state index contributed by atoms with van der Waals surface area (Å²) in [4.78, 5) is 0.927. The third kappa shape index (κ3) is 4.61. The number of ether oxygens (including phenoxy) is 1. The third-order valence-corrected chi connectivity index (χ3v) is 4.99. The molecule has 9 heteroatoms. The van der Waals surface area contributed by atoms with Crippen LogP contribution in [0.15, 0.2) is 23.1 Å². The Morgan fingerprint density at radius 2 is 2.08 bits per heavy atom. The maximum atomic E-state index is 13.2. The van der Waals surface area contributed by atoms with Gasteiger partial charge in [0.05, 0.1) is 17.1 Å². The largest absolute Gasteiger partial charge is 0.417 e. The fourth-order valence-electron chi connectivity index (χ4n) is 2.90. The molecule has 1 aliphatic heterocycles. The number of piperidine rings is 1. The predicted molar refractivity (Wildman–Crippen MR) is 84.2 cm³/mol. The number of halogens is 3. The molecule has 0 aliphatic carbocycles. The van der Waals surface area contributed by atoms with Crippen LogP contribution in [0.2, 0.25) is 0 Å². The van der Waals surface area contributed by atoms with Gasteiger partial charge in [-0.05, 0) is 43.9 Å². The van der Waals surface area contributed by atoms with Crippen molar-refractivity contribution in [1.82, 2.24) is 0 Å². The standard InChI is InChI=1S/C15H21F3N2O3S/c1-2-23-10-11-4-3-7-20(9-11)12-5-6-14(24(19,21)22)13(8-12)15(16,17)18/h5-6,8,11H,2-4,7,9-10H2,1H3,(H2,19,21,22). The molecule has 1 aromatic rings. The van der Waals surface area contributed by atoms with E-state index in [0.717, 1.165) is 25.0 Å². The number of sulfonamides is 1. The summed E-state index contributed by atoms with van der Waals surface area (Å²) in [5, 5.41) is 4.90. The van der Waals surface area contributed by atoms with Gasteiger partial charge in [0.25, 0.3) is 0 Å². The number of nitrogens with two attached hydrogens (primary N) is 1. The number of hydrogen-bond acceptors (Lipinski definition) is 4. The summed E-state index contributed by atoms with van der Waals surface area (Å²) in [6.07, 6.45) is -2.99. The number of rotatable bonds is 5. The van der Waals surface area contributed by atoms with E-state index in [1.54, 1.807) is 0 Å². The molecule has 1 aromatic carbocycles. The zero-order valence-electron chi connectivity index (χ0n) is 13.3. The van der Waals surface area contributed by atoms with Crippen molar-refractivity contribution in [3.05, 3.63) is 23.8 Å². The second-order valence-electron chi connectivity index (χ2n) is 5.84. The average Bonchev–Trinajstić information content (AvgIpc) is 2.51. The monoisotopic (exact) mass is 366 g/mol. The van der Waals surface area contributed by atoms with Gasteiger partial charge in [-0.15, -0.1) is 0 Å². The minimum Gasteiger partial charge on any atom is -0.381 e. The summed E-state index contributed by atoms with van der Waals surface area (Å²) < 4.78 is 67.8. The number of anilines is 1. The lowest BCUT2D eigenvalue weighted by Gasteiger charge is -2.34. The van der Waals surface area contributed by atoms with E-state index in [2.05, 4.69) is 0 Å². The fourth-order valence-corrected chi connectivity index (χ4v) is 3.64. The maximum Gasteiger partial charge on any atom is 0.417 e. The topological polar surface area (TPSA) is 72.6 Å². The highest BCUT2D eigenvalue weighted by molar-refractivity contribution is 7.89. The molecule has 0 saturated carbocycles. The van der Waals surface area contributed by atoms with Crippen molar-refractivity contribution < 1.29 is 26.3 Å². The zero-order chi connectivity index (χ0) is 18.0.